The van der Waals surface area contributed by atoms with Crippen molar-refractivity contribution in [1.29, 1.82) is 5.26 Å². The van der Waals surface area contributed by atoms with Crippen LogP contribution in [0.5, 0.6) is 0 Å². The molecule has 0 aromatic carbocycles. The van der Waals surface area contributed by atoms with Crippen molar-refractivity contribution >= 4 is 27.3 Å². The molecule has 0 spiro atoms. The summed E-state index contributed by atoms with van der Waals surface area (Å²) in [6.07, 6.45) is 0. The minimum atomic E-state index is -3.80. The molecule has 0 aliphatic heterocycles. The molecule has 1 heterocycles. The van der Waals surface area contributed by atoms with Crippen LogP contribution in [-0.4, -0.2) is 37.4 Å². The summed E-state index contributed by atoms with van der Waals surface area (Å²) in [7, 11) is -2.63. The molecule has 0 unspecified atom stereocenters. The Labute approximate surface area is 96.4 Å². The molecule has 0 saturated heterocycles. The summed E-state index contributed by atoms with van der Waals surface area (Å²) in [4.78, 5) is 10.7. The van der Waals surface area contributed by atoms with Gasteiger partial charge in [-0.05, 0) is 12.1 Å². The molecule has 0 aliphatic carbocycles. The first-order chi connectivity index (χ1) is 7.37. The summed E-state index contributed by atoms with van der Waals surface area (Å²) in [6, 6.07) is 4.49. The second-order valence-electron chi connectivity index (χ2n) is 2.89. The summed E-state index contributed by atoms with van der Waals surface area (Å²) >= 11 is 0.812. The molecule has 0 aliphatic rings. The van der Waals surface area contributed by atoms with Crippen LogP contribution in [0.15, 0.2) is 16.3 Å². The van der Waals surface area contributed by atoms with Crippen molar-refractivity contribution in [1.82, 2.24) is 4.31 Å². The van der Waals surface area contributed by atoms with Crippen molar-refractivity contribution in [3.63, 3.8) is 0 Å². The molecule has 0 atom stereocenters. The fourth-order valence-corrected chi connectivity index (χ4v) is 3.38. The lowest BCUT2D eigenvalue weighted by atomic mass is 10.5. The lowest BCUT2D eigenvalue weighted by Crippen LogP contribution is -2.31. The Morgan fingerprint density at radius 1 is 1.62 bits per heavy atom. The van der Waals surface area contributed by atoms with E-state index in [1.807, 2.05) is 6.07 Å². The topological polar surface area (TPSA) is 98.5 Å². The van der Waals surface area contributed by atoms with E-state index in [1.54, 1.807) is 0 Å². The minimum absolute atomic E-state index is 0.0344. The predicted octanol–water partition coefficient (Wildman–Crippen LogP) is 0.325. The van der Waals surface area contributed by atoms with Crippen LogP contribution in [0.2, 0.25) is 0 Å². The Kier molecular flexibility index (Phi) is 3.64. The number of carboxylic acid groups (broad SMARTS) is 1. The molecule has 6 nitrogen and oxygen atoms in total. The van der Waals surface area contributed by atoms with Gasteiger partial charge in [-0.15, -0.1) is 11.3 Å². The van der Waals surface area contributed by atoms with Gasteiger partial charge in [0.05, 0.1) is 0 Å². The molecule has 1 N–H and O–H groups in total. The third-order valence-electron chi connectivity index (χ3n) is 1.71. The van der Waals surface area contributed by atoms with Crippen molar-refractivity contribution in [2.45, 2.75) is 4.21 Å². The third kappa shape index (κ3) is 2.57. The number of aliphatic carboxylic acids is 1. The fourth-order valence-electron chi connectivity index (χ4n) is 0.948. The van der Waals surface area contributed by atoms with Gasteiger partial charge in [0.25, 0.3) is 10.0 Å². The first-order valence-corrected chi connectivity index (χ1v) is 6.31. The fraction of sp³-hybridized carbons (Fsp3) is 0.250. The molecule has 1 rings (SSSR count). The molecule has 0 bridgehead atoms. The van der Waals surface area contributed by atoms with Crippen LogP contribution in [0.4, 0.5) is 0 Å². The van der Waals surface area contributed by atoms with Crippen LogP contribution in [0.25, 0.3) is 0 Å². The van der Waals surface area contributed by atoms with Gasteiger partial charge in [0.1, 0.15) is 21.7 Å². The Balaban J connectivity index is 3.03. The monoisotopic (exact) mass is 260 g/mol. The lowest BCUT2D eigenvalue weighted by Gasteiger charge is -2.12. The van der Waals surface area contributed by atoms with Crippen LogP contribution < -0.4 is 0 Å². The van der Waals surface area contributed by atoms with Crippen molar-refractivity contribution in [3.8, 4) is 6.07 Å². The van der Waals surface area contributed by atoms with Crippen LogP contribution >= 0.6 is 11.3 Å². The quantitative estimate of drug-likeness (QED) is 0.840. The highest BCUT2D eigenvalue weighted by molar-refractivity contribution is 7.91. The van der Waals surface area contributed by atoms with E-state index in [-0.39, 0.29) is 9.09 Å². The Morgan fingerprint density at radius 3 is 2.69 bits per heavy atom. The van der Waals surface area contributed by atoms with E-state index in [9.17, 15) is 13.2 Å². The van der Waals surface area contributed by atoms with Crippen molar-refractivity contribution in [2.24, 2.45) is 0 Å². The zero-order chi connectivity index (χ0) is 12.3. The van der Waals surface area contributed by atoms with Gasteiger partial charge in [-0.2, -0.15) is 9.57 Å². The summed E-state index contributed by atoms with van der Waals surface area (Å²) in [5.41, 5.74) is 0. The normalized spacial score (nSPS) is 11.3. The van der Waals surface area contributed by atoms with E-state index in [0.29, 0.717) is 0 Å². The first kappa shape index (κ1) is 12.6. The van der Waals surface area contributed by atoms with E-state index < -0.39 is 22.5 Å². The average molecular weight is 260 g/mol. The highest BCUT2D eigenvalue weighted by Gasteiger charge is 2.24. The molecule has 0 radical (unpaired) electrons. The lowest BCUT2D eigenvalue weighted by molar-refractivity contribution is -0.137. The van der Waals surface area contributed by atoms with Gasteiger partial charge in [0.15, 0.2) is 0 Å². The van der Waals surface area contributed by atoms with Crippen LogP contribution in [-0.2, 0) is 14.8 Å². The second-order valence-corrected chi connectivity index (χ2v) is 6.24. The SMILES string of the molecule is CN(CC(=O)O)S(=O)(=O)c1ccc(C#N)s1. The molecule has 0 amide bonds. The van der Waals surface area contributed by atoms with Crippen molar-refractivity contribution in [3.05, 3.63) is 17.0 Å². The zero-order valence-electron chi connectivity index (χ0n) is 8.24. The summed E-state index contributed by atoms with van der Waals surface area (Å²) < 4.78 is 24.2. The van der Waals surface area contributed by atoms with E-state index in [2.05, 4.69) is 0 Å². The molecule has 8 heteroatoms. The second kappa shape index (κ2) is 4.61. The number of carbonyl (C=O) groups is 1. The van der Waals surface area contributed by atoms with Crippen LogP contribution in [0, 0.1) is 11.3 Å². The molecule has 1 aromatic rings. The summed E-state index contributed by atoms with van der Waals surface area (Å²) in [5.74, 6) is -1.23. The van der Waals surface area contributed by atoms with Crippen molar-refractivity contribution < 1.29 is 18.3 Å². The van der Waals surface area contributed by atoms with Gasteiger partial charge >= 0.3 is 5.97 Å². The molecular formula is C8H8N2O4S2. The molecule has 16 heavy (non-hydrogen) atoms. The number of nitriles is 1. The summed E-state index contributed by atoms with van der Waals surface area (Å²) in [5, 5.41) is 17.0. The van der Waals surface area contributed by atoms with Gasteiger partial charge in [0.2, 0.25) is 0 Å². The smallest absolute Gasteiger partial charge is 0.318 e. The summed E-state index contributed by atoms with van der Waals surface area (Å²) in [6.45, 7) is -0.609. The maximum absolute atomic E-state index is 11.8. The first-order valence-electron chi connectivity index (χ1n) is 4.06. The number of nitrogens with zero attached hydrogens (tertiary/aromatic N) is 2. The minimum Gasteiger partial charge on any atom is -0.480 e. The number of thiophene rings is 1. The molecule has 0 fully saturated rings. The van der Waals surface area contributed by atoms with E-state index >= 15 is 0 Å². The number of likely N-dealkylation sites (N-methyl/N-ethyl adjacent to an activating group) is 1. The highest BCUT2D eigenvalue weighted by atomic mass is 32.2. The number of rotatable bonds is 4. The average Bonchev–Trinajstić information content (AvgIpc) is 2.65. The van der Waals surface area contributed by atoms with Gasteiger partial charge in [-0.25, -0.2) is 8.42 Å². The van der Waals surface area contributed by atoms with Gasteiger partial charge in [0, 0.05) is 7.05 Å². The largest absolute Gasteiger partial charge is 0.480 e. The Bertz CT molecular complexity index is 541. The molecule has 86 valence electrons. The standard InChI is InChI=1S/C8H8N2O4S2/c1-10(5-7(11)12)16(13,14)8-3-2-6(4-9)15-8/h2-3H,5H2,1H3,(H,11,12). The van der Waals surface area contributed by atoms with E-state index in [4.69, 9.17) is 10.4 Å². The number of sulfonamides is 1. The number of hydrogen-bond donors (Lipinski definition) is 1. The molecular weight excluding hydrogens is 252 g/mol. The predicted molar refractivity (Wildman–Crippen MR) is 56.5 cm³/mol. The van der Waals surface area contributed by atoms with E-state index in [0.717, 1.165) is 15.6 Å². The van der Waals surface area contributed by atoms with Crippen LogP contribution in [0.1, 0.15) is 4.88 Å². The molecule has 0 saturated carbocycles. The highest BCUT2D eigenvalue weighted by Crippen LogP contribution is 2.23. The Hall–Kier alpha value is -1.43. The maximum Gasteiger partial charge on any atom is 0.318 e. The van der Waals surface area contributed by atoms with E-state index in [1.165, 1.54) is 19.2 Å². The van der Waals surface area contributed by atoms with Gasteiger partial charge in [-0.3, -0.25) is 4.79 Å². The Morgan fingerprint density at radius 2 is 2.25 bits per heavy atom. The third-order valence-corrected chi connectivity index (χ3v) is 4.97. The zero-order valence-corrected chi connectivity index (χ0v) is 9.88. The van der Waals surface area contributed by atoms with Gasteiger partial charge < -0.3 is 5.11 Å². The number of hydrogen-bond acceptors (Lipinski definition) is 5. The number of carboxylic acids is 1. The van der Waals surface area contributed by atoms with Crippen molar-refractivity contribution in [2.75, 3.05) is 13.6 Å². The maximum atomic E-state index is 11.8. The van der Waals surface area contributed by atoms with Gasteiger partial charge in [-0.1, -0.05) is 0 Å². The molecule has 1 aromatic heterocycles. The van der Waals surface area contributed by atoms with Crippen LogP contribution in [0.3, 0.4) is 0 Å².